The molecule has 27 heavy (non-hydrogen) atoms. The number of nitrogens with zero attached hydrogens (tertiary/aromatic N) is 4. The molecule has 0 spiro atoms. The van der Waals surface area contributed by atoms with E-state index < -0.39 is 10.9 Å². The molecule has 0 fully saturated rings. The summed E-state index contributed by atoms with van der Waals surface area (Å²) >= 11 is 6.18. The second kappa shape index (κ2) is 8.06. The van der Waals surface area contributed by atoms with E-state index in [1.54, 1.807) is 48.4 Å². The number of hydrogen-bond donors (Lipinski definition) is 4. The molecule has 2 heterocycles. The molecule has 0 atom stereocenters. The van der Waals surface area contributed by atoms with Gasteiger partial charge in [0.15, 0.2) is 5.82 Å². The van der Waals surface area contributed by atoms with Gasteiger partial charge in [0.25, 0.3) is 0 Å². The normalized spacial score (nSPS) is 10.6. The Morgan fingerprint density at radius 2 is 2.04 bits per heavy atom. The summed E-state index contributed by atoms with van der Waals surface area (Å²) in [6, 6.07) is 7.00. The summed E-state index contributed by atoms with van der Waals surface area (Å²) in [5.74, 6) is 0.740. The molecule has 0 aliphatic carbocycles. The van der Waals surface area contributed by atoms with Crippen molar-refractivity contribution >= 4 is 51.3 Å². The van der Waals surface area contributed by atoms with Crippen molar-refractivity contribution in [2.75, 3.05) is 10.6 Å². The van der Waals surface area contributed by atoms with E-state index in [4.69, 9.17) is 11.6 Å². The Morgan fingerprint density at radius 3 is 2.74 bits per heavy atom. The number of rotatable bonds is 7. The highest BCUT2D eigenvalue weighted by molar-refractivity contribution is 7.70. The molecule has 0 unspecified atom stereocenters. The van der Waals surface area contributed by atoms with Crippen LogP contribution in [0.2, 0.25) is 5.02 Å². The minimum atomic E-state index is -2.78. The summed E-state index contributed by atoms with van der Waals surface area (Å²) in [7, 11) is -0.975. The van der Waals surface area contributed by atoms with Gasteiger partial charge in [-0.1, -0.05) is 30.3 Å². The Morgan fingerprint density at radius 1 is 1.22 bits per heavy atom. The molecule has 3 aromatic rings. The van der Waals surface area contributed by atoms with Gasteiger partial charge >= 0.3 is 0 Å². The molecule has 3 N–H and O–H groups in total. The number of benzene rings is 1. The van der Waals surface area contributed by atoms with Crippen LogP contribution in [-0.4, -0.2) is 28.2 Å². The van der Waals surface area contributed by atoms with Gasteiger partial charge < -0.3 is 10.6 Å². The molecule has 2 aromatic heterocycles. The lowest BCUT2D eigenvalue weighted by atomic mass is 10.1. The third-order valence-electron chi connectivity index (χ3n) is 3.41. The maximum Gasteiger partial charge on any atom is 0.229 e. The predicted molar refractivity (Wildman–Crippen MR) is 106 cm³/mol. The Labute approximate surface area is 162 Å². The standard InChI is InChI=1S/C16H16ClN7O2S/c1-10(23-27(25)26)11-4-3-5-12(6-11)20-15-14(17)8-18-16(22-15)21-13-7-19-24(2)9-13/h3-9,27H,1H2,2H3,(H,23,25,26)(H2,18,20,21,22). The fourth-order valence-electron chi connectivity index (χ4n) is 2.23. The van der Waals surface area contributed by atoms with Gasteiger partial charge in [0, 0.05) is 30.2 Å². The lowest BCUT2D eigenvalue weighted by Gasteiger charge is -2.11. The van der Waals surface area contributed by atoms with Crippen LogP contribution in [0.25, 0.3) is 5.70 Å². The number of thiol groups is 1. The SMILES string of the molecule is C=C(N[SH](=O)=O)c1cccc(Nc2nc(Nc3cnn(C)c3)ncc2Cl)c1. The Kier molecular flexibility index (Phi) is 5.57. The van der Waals surface area contributed by atoms with Crippen molar-refractivity contribution in [1.82, 2.24) is 24.5 Å². The largest absolute Gasteiger partial charge is 0.339 e. The van der Waals surface area contributed by atoms with Crippen LogP contribution >= 0.6 is 11.6 Å². The third-order valence-corrected chi connectivity index (χ3v) is 4.13. The first-order chi connectivity index (χ1) is 12.9. The van der Waals surface area contributed by atoms with E-state index in [0.717, 1.165) is 5.69 Å². The highest BCUT2D eigenvalue weighted by Crippen LogP contribution is 2.26. The summed E-state index contributed by atoms with van der Waals surface area (Å²) in [6.45, 7) is 3.70. The smallest absolute Gasteiger partial charge is 0.229 e. The molecule has 0 amide bonds. The molecule has 11 heteroatoms. The first kappa shape index (κ1) is 18.7. The Hall–Kier alpha value is -3.11. The van der Waals surface area contributed by atoms with E-state index in [1.165, 1.54) is 6.20 Å². The highest BCUT2D eigenvalue weighted by atomic mass is 35.5. The quantitative estimate of drug-likeness (QED) is 0.446. The van der Waals surface area contributed by atoms with Crippen LogP contribution in [0.1, 0.15) is 5.56 Å². The summed E-state index contributed by atoms with van der Waals surface area (Å²) in [5.41, 5.74) is 2.27. The fourth-order valence-corrected chi connectivity index (χ4v) is 2.71. The second-order valence-corrected chi connectivity index (χ2v) is 6.62. The van der Waals surface area contributed by atoms with Crippen molar-refractivity contribution in [3.8, 4) is 0 Å². The number of hydrogen-bond acceptors (Lipinski definition) is 7. The van der Waals surface area contributed by atoms with Crippen LogP contribution in [0.3, 0.4) is 0 Å². The van der Waals surface area contributed by atoms with E-state index >= 15 is 0 Å². The molecular weight excluding hydrogens is 390 g/mol. The molecule has 0 saturated heterocycles. The average Bonchev–Trinajstić information content (AvgIpc) is 3.02. The number of halogens is 1. The van der Waals surface area contributed by atoms with Crippen LogP contribution in [0.4, 0.5) is 23.1 Å². The van der Waals surface area contributed by atoms with Crippen LogP contribution in [0, 0.1) is 0 Å². The van der Waals surface area contributed by atoms with Gasteiger partial charge in [-0.25, -0.2) is 13.4 Å². The van der Waals surface area contributed by atoms with Crippen LogP contribution in [0.15, 0.2) is 49.4 Å². The van der Waals surface area contributed by atoms with Gasteiger partial charge in [0.05, 0.1) is 18.1 Å². The maximum absolute atomic E-state index is 10.8. The van der Waals surface area contributed by atoms with E-state index in [0.29, 0.717) is 28.0 Å². The molecule has 0 saturated carbocycles. The summed E-state index contributed by atoms with van der Waals surface area (Å²) < 4.78 is 25.5. The van der Waals surface area contributed by atoms with E-state index in [9.17, 15) is 8.42 Å². The van der Waals surface area contributed by atoms with E-state index in [-0.39, 0.29) is 5.70 Å². The number of aromatic nitrogens is 4. The average molecular weight is 406 g/mol. The van der Waals surface area contributed by atoms with Gasteiger partial charge in [-0.05, 0) is 12.1 Å². The van der Waals surface area contributed by atoms with Crippen molar-refractivity contribution in [1.29, 1.82) is 0 Å². The molecule has 9 nitrogen and oxygen atoms in total. The van der Waals surface area contributed by atoms with Gasteiger partial charge in [-0.2, -0.15) is 10.1 Å². The number of nitrogens with one attached hydrogen (secondary N) is 3. The van der Waals surface area contributed by atoms with E-state index in [2.05, 4.69) is 37.0 Å². The molecule has 1 aromatic carbocycles. The summed E-state index contributed by atoms with van der Waals surface area (Å²) in [6.07, 6.45) is 4.91. The zero-order valence-electron chi connectivity index (χ0n) is 14.2. The lowest BCUT2D eigenvalue weighted by Crippen LogP contribution is -2.08. The minimum absolute atomic E-state index is 0.266. The van der Waals surface area contributed by atoms with Crippen LogP contribution < -0.4 is 15.4 Å². The Bertz CT molecular complexity index is 1060. The first-order valence-electron chi connectivity index (χ1n) is 7.66. The van der Waals surface area contributed by atoms with Gasteiger partial charge in [-0.15, -0.1) is 0 Å². The van der Waals surface area contributed by atoms with Gasteiger partial charge in [0.1, 0.15) is 5.02 Å². The van der Waals surface area contributed by atoms with E-state index in [1.807, 2.05) is 0 Å². The highest BCUT2D eigenvalue weighted by Gasteiger charge is 2.08. The van der Waals surface area contributed by atoms with Crippen molar-refractivity contribution in [3.05, 3.63) is 60.0 Å². The van der Waals surface area contributed by atoms with Crippen molar-refractivity contribution < 1.29 is 8.42 Å². The predicted octanol–water partition coefficient (Wildman–Crippen LogP) is 2.44. The fraction of sp³-hybridized carbons (Fsp3) is 0.0625. The zero-order valence-corrected chi connectivity index (χ0v) is 15.8. The maximum atomic E-state index is 10.8. The molecule has 0 aliphatic heterocycles. The summed E-state index contributed by atoms with van der Waals surface area (Å²) in [5, 5.41) is 10.5. The van der Waals surface area contributed by atoms with Crippen LogP contribution in [-0.2, 0) is 17.9 Å². The minimum Gasteiger partial charge on any atom is -0.339 e. The number of anilines is 4. The molecule has 0 bridgehead atoms. The lowest BCUT2D eigenvalue weighted by molar-refractivity contribution is 0.611. The second-order valence-electron chi connectivity index (χ2n) is 5.47. The monoisotopic (exact) mass is 405 g/mol. The molecule has 3 rings (SSSR count). The topological polar surface area (TPSA) is 114 Å². The zero-order chi connectivity index (χ0) is 19.4. The third kappa shape index (κ3) is 4.96. The van der Waals surface area contributed by atoms with Gasteiger partial charge in [-0.3, -0.25) is 9.40 Å². The molecule has 0 aliphatic rings. The van der Waals surface area contributed by atoms with Crippen molar-refractivity contribution in [3.63, 3.8) is 0 Å². The number of aryl methyl sites for hydroxylation is 1. The molecular formula is C16H16ClN7O2S. The summed E-state index contributed by atoms with van der Waals surface area (Å²) in [4.78, 5) is 8.50. The first-order valence-corrected chi connectivity index (χ1v) is 9.22. The van der Waals surface area contributed by atoms with Crippen molar-refractivity contribution in [2.24, 2.45) is 7.05 Å². The molecule has 0 radical (unpaired) electrons. The van der Waals surface area contributed by atoms with Gasteiger partial charge in [0.2, 0.25) is 16.8 Å². The van der Waals surface area contributed by atoms with Crippen molar-refractivity contribution in [2.45, 2.75) is 0 Å². The molecule has 140 valence electrons. The Balaban J connectivity index is 1.80. The van der Waals surface area contributed by atoms with Crippen LogP contribution in [0.5, 0.6) is 0 Å².